The molecule has 0 aromatic heterocycles. The fraction of sp³-hybridized carbons (Fsp3) is 0.333. The number of benzene rings is 1. The molecule has 1 fully saturated rings. The zero-order chi connectivity index (χ0) is 9.38. The molecule has 1 aliphatic heterocycles. The van der Waals surface area contributed by atoms with Crippen molar-refractivity contribution in [3.05, 3.63) is 42.1 Å². The standard InChI is InChI=1S/C12H14N2/c1-2-6-11(7-3-1)14-12-8-4-5-10(12)9-13-14/h1-3,6-8,10,13H,4-5,9H2. The third kappa shape index (κ3) is 1.15. The lowest BCUT2D eigenvalue weighted by Crippen LogP contribution is -2.29. The Balaban J connectivity index is 1.93. The summed E-state index contributed by atoms with van der Waals surface area (Å²) in [7, 11) is 0. The molecule has 1 aliphatic carbocycles. The largest absolute Gasteiger partial charge is 0.281 e. The van der Waals surface area contributed by atoms with E-state index in [4.69, 9.17) is 0 Å². The fourth-order valence-corrected chi connectivity index (χ4v) is 2.34. The highest BCUT2D eigenvalue weighted by Gasteiger charge is 2.30. The molecule has 0 saturated carbocycles. The summed E-state index contributed by atoms with van der Waals surface area (Å²) in [6.45, 7) is 1.10. The predicted octanol–water partition coefficient (Wildman–Crippen LogP) is 2.31. The van der Waals surface area contributed by atoms with Gasteiger partial charge in [-0.1, -0.05) is 24.3 Å². The second-order valence-electron chi connectivity index (χ2n) is 3.94. The van der Waals surface area contributed by atoms with Crippen molar-refractivity contribution in [1.29, 1.82) is 0 Å². The van der Waals surface area contributed by atoms with Gasteiger partial charge in [0.1, 0.15) is 0 Å². The minimum atomic E-state index is 0.746. The average molecular weight is 186 g/mol. The van der Waals surface area contributed by atoms with E-state index in [0.717, 1.165) is 12.5 Å². The molecular formula is C12H14N2. The Kier molecular flexibility index (Phi) is 1.81. The van der Waals surface area contributed by atoms with Crippen LogP contribution in [-0.2, 0) is 0 Å². The van der Waals surface area contributed by atoms with Crippen LogP contribution in [0.4, 0.5) is 5.69 Å². The van der Waals surface area contributed by atoms with E-state index in [1.165, 1.54) is 24.2 Å². The molecule has 1 N–H and O–H groups in total. The molecule has 1 unspecified atom stereocenters. The van der Waals surface area contributed by atoms with Crippen LogP contribution in [0.1, 0.15) is 12.8 Å². The van der Waals surface area contributed by atoms with Gasteiger partial charge in [0.05, 0.1) is 5.69 Å². The van der Waals surface area contributed by atoms with Crippen LogP contribution in [0.2, 0.25) is 0 Å². The van der Waals surface area contributed by atoms with E-state index in [0.29, 0.717) is 0 Å². The van der Waals surface area contributed by atoms with Gasteiger partial charge < -0.3 is 0 Å². The third-order valence-electron chi connectivity index (χ3n) is 3.06. The molecule has 0 bridgehead atoms. The van der Waals surface area contributed by atoms with E-state index in [2.05, 4.69) is 46.8 Å². The first-order chi connectivity index (χ1) is 6.95. The van der Waals surface area contributed by atoms with Crippen LogP contribution >= 0.6 is 0 Å². The molecule has 1 aromatic carbocycles. The molecule has 1 saturated heterocycles. The van der Waals surface area contributed by atoms with E-state index >= 15 is 0 Å². The lowest BCUT2D eigenvalue weighted by Gasteiger charge is -2.19. The van der Waals surface area contributed by atoms with Gasteiger partial charge in [-0.2, -0.15) is 0 Å². The van der Waals surface area contributed by atoms with Gasteiger partial charge in [0.2, 0.25) is 0 Å². The van der Waals surface area contributed by atoms with E-state index < -0.39 is 0 Å². The van der Waals surface area contributed by atoms with Gasteiger partial charge in [-0.05, 0) is 25.0 Å². The van der Waals surface area contributed by atoms with Crippen LogP contribution < -0.4 is 10.4 Å². The maximum Gasteiger partial charge on any atom is 0.0573 e. The predicted molar refractivity (Wildman–Crippen MR) is 57.7 cm³/mol. The molecule has 1 heterocycles. The van der Waals surface area contributed by atoms with E-state index in [9.17, 15) is 0 Å². The second-order valence-corrected chi connectivity index (χ2v) is 3.94. The monoisotopic (exact) mass is 186 g/mol. The number of hydrazine groups is 1. The Morgan fingerprint density at radius 1 is 1.21 bits per heavy atom. The summed E-state index contributed by atoms with van der Waals surface area (Å²) >= 11 is 0. The summed E-state index contributed by atoms with van der Waals surface area (Å²) < 4.78 is 0. The van der Waals surface area contributed by atoms with Crippen LogP contribution in [-0.4, -0.2) is 6.54 Å². The second kappa shape index (κ2) is 3.14. The summed E-state index contributed by atoms with van der Waals surface area (Å²) in [5.41, 5.74) is 6.16. The summed E-state index contributed by atoms with van der Waals surface area (Å²) in [4.78, 5) is 0. The normalized spacial score (nSPS) is 25.0. The molecular weight excluding hydrogens is 172 g/mol. The molecule has 3 rings (SSSR count). The molecule has 72 valence electrons. The first-order valence-electron chi connectivity index (χ1n) is 5.24. The number of para-hydroxylation sites is 1. The van der Waals surface area contributed by atoms with Crippen molar-refractivity contribution < 1.29 is 0 Å². The number of anilines is 1. The fourth-order valence-electron chi connectivity index (χ4n) is 2.34. The van der Waals surface area contributed by atoms with Crippen molar-refractivity contribution in [2.45, 2.75) is 12.8 Å². The van der Waals surface area contributed by atoms with Gasteiger partial charge >= 0.3 is 0 Å². The molecule has 1 atom stereocenters. The zero-order valence-electron chi connectivity index (χ0n) is 8.11. The van der Waals surface area contributed by atoms with Crippen LogP contribution in [0.5, 0.6) is 0 Å². The number of nitrogens with zero attached hydrogens (tertiary/aromatic N) is 1. The highest BCUT2D eigenvalue weighted by Crippen LogP contribution is 2.34. The van der Waals surface area contributed by atoms with E-state index in [1.54, 1.807) is 0 Å². The highest BCUT2D eigenvalue weighted by atomic mass is 15.5. The number of hydrogen-bond donors (Lipinski definition) is 1. The van der Waals surface area contributed by atoms with Gasteiger partial charge in [-0.15, -0.1) is 0 Å². The van der Waals surface area contributed by atoms with Crippen LogP contribution in [0.15, 0.2) is 42.1 Å². The van der Waals surface area contributed by atoms with E-state index in [-0.39, 0.29) is 0 Å². The Hall–Kier alpha value is -1.28. The molecule has 14 heavy (non-hydrogen) atoms. The van der Waals surface area contributed by atoms with Gasteiger partial charge in [0, 0.05) is 18.2 Å². The molecule has 0 amide bonds. The zero-order valence-corrected chi connectivity index (χ0v) is 8.11. The van der Waals surface area contributed by atoms with Crippen molar-refractivity contribution in [2.24, 2.45) is 5.92 Å². The lowest BCUT2D eigenvalue weighted by atomic mass is 10.1. The smallest absolute Gasteiger partial charge is 0.0573 e. The third-order valence-corrected chi connectivity index (χ3v) is 3.06. The Bertz CT molecular complexity index is 356. The van der Waals surface area contributed by atoms with E-state index in [1.807, 2.05) is 0 Å². The maximum absolute atomic E-state index is 3.44. The number of allylic oxidation sites excluding steroid dienone is 1. The molecule has 2 nitrogen and oxygen atoms in total. The molecule has 0 spiro atoms. The minimum Gasteiger partial charge on any atom is -0.281 e. The number of rotatable bonds is 1. The number of fused-ring (bicyclic) bond motifs is 1. The minimum absolute atomic E-state index is 0.746. The van der Waals surface area contributed by atoms with Crippen LogP contribution in [0, 0.1) is 5.92 Å². The maximum atomic E-state index is 3.44. The first-order valence-corrected chi connectivity index (χ1v) is 5.24. The molecule has 2 heteroatoms. The Morgan fingerprint density at radius 2 is 2.07 bits per heavy atom. The summed E-state index contributed by atoms with van der Waals surface area (Å²) in [6.07, 6.45) is 4.91. The molecule has 1 aromatic rings. The average Bonchev–Trinajstić information content (AvgIpc) is 2.79. The SMILES string of the molecule is C1=C2C(CC1)CNN2c1ccccc1. The van der Waals surface area contributed by atoms with Crippen molar-refractivity contribution in [2.75, 3.05) is 11.6 Å². The van der Waals surface area contributed by atoms with Gasteiger partial charge in [-0.25, -0.2) is 5.43 Å². The van der Waals surface area contributed by atoms with Crippen LogP contribution in [0.25, 0.3) is 0 Å². The highest BCUT2D eigenvalue weighted by molar-refractivity contribution is 5.53. The van der Waals surface area contributed by atoms with Crippen LogP contribution in [0.3, 0.4) is 0 Å². The Labute approximate surface area is 84.2 Å². The summed E-state index contributed by atoms with van der Waals surface area (Å²) in [5.74, 6) is 0.746. The Morgan fingerprint density at radius 3 is 2.93 bits per heavy atom. The summed E-state index contributed by atoms with van der Waals surface area (Å²) in [5, 5.41) is 2.23. The topological polar surface area (TPSA) is 15.3 Å². The lowest BCUT2D eigenvalue weighted by molar-refractivity contribution is 0.630. The van der Waals surface area contributed by atoms with Crippen molar-refractivity contribution in [3.8, 4) is 0 Å². The first kappa shape index (κ1) is 8.06. The van der Waals surface area contributed by atoms with Gasteiger partial charge in [-0.3, -0.25) is 5.01 Å². The van der Waals surface area contributed by atoms with Gasteiger partial charge in [0.25, 0.3) is 0 Å². The summed E-state index contributed by atoms with van der Waals surface area (Å²) in [6, 6.07) is 10.5. The molecule has 0 radical (unpaired) electrons. The van der Waals surface area contributed by atoms with Crippen molar-refractivity contribution in [1.82, 2.24) is 5.43 Å². The molecule has 2 aliphatic rings. The number of hydrogen-bond acceptors (Lipinski definition) is 2. The number of nitrogens with one attached hydrogen (secondary N) is 1. The van der Waals surface area contributed by atoms with Gasteiger partial charge in [0.15, 0.2) is 0 Å². The quantitative estimate of drug-likeness (QED) is 0.724. The van der Waals surface area contributed by atoms with Crippen molar-refractivity contribution in [3.63, 3.8) is 0 Å². The van der Waals surface area contributed by atoms with Crippen molar-refractivity contribution >= 4 is 5.69 Å².